The zero-order valence-corrected chi connectivity index (χ0v) is 12.2. The predicted molar refractivity (Wildman–Crippen MR) is 80.9 cm³/mol. The van der Waals surface area contributed by atoms with E-state index in [1.807, 2.05) is 0 Å². The summed E-state index contributed by atoms with van der Waals surface area (Å²) in [6, 6.07) is 2.32. The van der Waals surface area contributed by atoms with Crippen molar-refractivity contribution < 1.29 is 4.74 Å². The highest BCUT2D eigenvalue weighted by atomic mass is 32.1. The summed E-state index contributed by atoms with van der Waals surface area (Å²) in [5.74, 6) is 0.728. The van der Waals surface area contributed by atoms with Gasteiger partial charge in [-0.25, -0.2) is 9.97 Å². The molecule has 0 aromatic carbocycles. The fourth-order valence-electron chi connectivity index (χ4n) is 2.80. The maximum atomic E-state index is 5.63. The number of anilines is 1. The van der Waals surface area contributed by atoms with Crippen LogP contribution in [0.2, 0.25) is 0 Å². The summed E-state index contributed by atoms with van der Waals surface area (Å²) in [4.78, 5) is 13.8. The van der Waals surface area contributed by atoms with E-state index in [2.05, 4.69) is 19.8 Å². The SMILES string of the molecule is NC(=S)c1ccnc(N2CCC(N3CCOCC3)C2)n1. The van der Waals surface area contributed by atoms with Crippen LogP contribution < -0.4 is 10.6 Å². The molecule has 0 saturated carbocycles. The van der Waals surface area contributed by atoms with Crippen molar-refractivity contribution in [3.05, 3.63) is 18.0 Å². The molecule has 0 amide bonds. The van der Waals surface area contributed by atoms with E-state index in [1.165, 1.54) is 0 Å². The summed E-state index contributed by atoms with van der Waals surface area (Å²) >= 11 is 4.97. The lowest BCUT2D eigenvalue weighted by molar-refractivity contribution is 0.0209. The highest BCUT2D eigenvalue weighted by Crippen LogP contribution is 2.20. The first-order valence-corrected chi connectivity index (χ1v) is 7.34. The van der Waals surface area contributed by atoms with Crippen LogP contribution in [0.3, 0.4) is 0 Å². The molecule has 3 rings (SSSR count). The molecule has 0 radical (unpaired) electrons. The lowest BCUT2D eigenvalue weighted by Gasteiger charge is -2.32. The van der Waals surface area contributed by atoms with E-state index >= 15 is 0 Å². The average molecular weight is 293 g/mol. The molecular formula is C13H19N5OS. The van der Waals surface area contributed by atoms with Gasteiger partial charge in [-0.15, -0.1) is 0 Å². The summed E-state index contributed by atoms with van der Waals surface area (Å²) in [5.41, 5.74) is 6.26. The molecule has 1 aromatic heterocycles. The Labute approximate surface area is 123 Å². The minimum absolute atomic E-state index is 0.317. The molecule has 0 bridgehead atoms. The predicted octanol–water partition coefficient (Wildman–Crippen LogP) is 0.0217. The molecular weight excluding hydrogens is 274 g/mol. The molecule has 3 heterocycles. The van der Waals surface area contributed by atoms with E-state index in [0.29, 0.717) is 16.7 Å². The normalized spacial score (nSPS) is 24.0. The van der Waals surface area contributed by atoms with E-state index in [1.54, 1.807) is 12.3 Å². The van der Waals surface area contributed by atoms with Gasteiger partial charge in [-0.1, -0.05) is 12.2 Å². The first-order valence-electron chi connectivity index (χ1n) is 6.93. The van der Waals surface area contributed by atoms with Gasteiger partial charge in [0, 0.05) is 38.4 Å². The molecule has 7 heteroatoms. The Morgan fingerprint density at radius 1 is 1.35 bits per heavy atom. The average Bonchev–Trinajstić information content (AvgIpc) is 2.98. The van der Waals surface area contributed by atoms with Crippen molar-refractivity contribution >= 4 is 23.2 Å². The smallest absolute Gasteiger partial charge is 0.225 e. The number of nitrogens with two attached hydrogens (primary N) is 1. The Morgan fingerprint density at radius 2 is 2.15 bits per heavy atom. The van der Waals surface area contributed by atoms with Gasteiger partial charge in [0.25, 0.3) is 0 Å². The third-order valence-electron chi connectivity index (χ3n) is 3.90. The van der Waals surface area contributed by atoms with Crippen molar-refractivity contribution in [2.24, 2.45) is 5.73 Å². The maximum absolute atomic E-state index is 5.63. The molecule has 0 aliphatic carbocycles. The second kappa shape index (κ2) is 5.99. The molecule has 2 saturated heterocycles. The third-order valence-corrected chi connectivity index (χ3v) is 4.11. The van der Waals surface area contributed by atoms with E-state index in [0.717, 1.165) is 51.8 Å². The summed E-state index contributed by atoms with van der Waals surface area (Å²) in [5, 5.41) is 0. The van der Waals surface area contributed by atoms with Gasteiger partial charge in [0.2, 0.25) is 5.95 Å². The number of morpholine rings is 1. The quantitative estimate of drug-likeness (QED) is 0.788. The van der Waals surface area contributed by atoms with Gasteiger partial charge in [-0.3, -0.25) is 4.90 Å². The first-order chi connectivity index (χ1) is 9.74. The Bertz CT molecular complexity index is 491. The Morgan fingerprint density at radius 3 is 2.90 bits per heavy atom. The van der Waals surface area contributed by atoms with Crippen LogP contribution in [0.25, 0.3) is 0 Å². The molecule has 108 valence electrons. The van der Waals surface area contributed by atoms with Gasteiger partial charge in [0.1, 0.15) is 10.7 Å². The Kier molecular flexibility index (Phi) is 4.09. The van der Waals surface area contributed by atoms with Gasteiger partial charge in [-0.2, -0.15) is 0 Å². The van der Waals surface area contributed by atoms with Crippen LogP contribution in [0.4, 0.5) is 5.95 Å². The molecule has 1 unspecified atom stereocenters. The van der Waals surface area contributed by atoms with Crippen LogP contribution in [-0.2, 0) is 4.74 Å². The summed E-state index contributed by atoms with van der Waals surface area (Å²) in [6.45, 7) is 5.65. The van der Waals surface area contributed by atoms with E-state index in [-0.39, 0.29) is 0 Å². The van der Waals surface area contributed by atoms with Crippen molar-refractivity contribution in [3.63, 3.8) is 0 Å². The second-order valence-corrected chi connectivity index (χ2v) is 5.58. The third kappa shape index (κ3) is 2.89. The summed E-state index contributed by atoms with van der Waals surface area (Å²) < 4.78 is 5.40. The van der Waals surface area contributed by atoms with Gasteiger partial charge in [0.15, 0.2) is 0 Å². The van der Waals surface area contributed by atoms with Crippen molar-refractivity contribution in [2.75, 3.05) is 44.3 Å². The fraction of sp³-hybridized carbons (Fsp3) is 0.615. The zero-order valence-electron chi connectivity index (χ0n) is 11.4. The molecule has 20 heavy (non-hydrogen) atoms. The van der Waals surface area contributed by atoms with Crippen molar-refractivity contribution in [1.29, 1.82) is 0 Å². The lowest BCUT2D eigenvalue weighted by Crippen LogP contribution is -2.44. The number of ether oxygens (including phenoxy) is 1. The molecule has 2 aliphatic rings. The largest absolute Gasteiger partial charge is 0.388 e. The minimum Gasteiger partial charge on any atom is -0.388 e. The van der Waals surface area contributed by atoms with Crippen LogP contribution in [-0.4, -0.2) is 65.3 Å². The topological polar surface area (TPSA) is 67.5 Å². The van der Waals surface area contributed by atoms with Gasteiger partial charge < -0.3 is 15.4 Å². The zero-order chi connectivity index (χ0) is 13.9. The van der Waals surface area contributed by atoms with E-state index in [9.17, 15) is 0 Å². The van der Waals surface area contributed by atoms with Crippen LogP contribution in [0.1, 0.15) is 12.1 Å². The van der Waals surface area contributed by atoms with Crippen LogP contribution >= 0.6 is 12.2 Å². The number of aromatic nitrogens is 2. The maximum Gasteiger partial charge on any atom is 0.225 e. The van der Waals surface area contributed by atoms with Crippen molar-refractivity contribution in [3.8, 4) is 0 Å². The second-order valence-electron chi connectivity index (χ2n) is 5.14. The molecule has 0 spiro atoms. The highest BCUT2D eigenvalue weighted by Gasteiger charge is 2.29. The van der Waals surface area contributed by atoms with Gasteiger partial charge in [-0.05, 0) is 12.5 Å². The fourth-order valence-corrected chi connectivity index (χ4v) is 2.92. The number of hydrogen-bond donors (Lipinski definition) is 1. The molecule has 6 nitrogen and oxygen atoms in total. The number of hydrogen-bond acceptors (Lipinski definition) is 6. The highest BCUT2D eigenvalue weighted by molar-refractivity contribution is 7.80. The molecule has 1 atom stereocenters. The molecule has 1 aromatic rings. The molecule has 2 fully saturated rings. The Hall–Kier alpha value is -1.31. The van der Waals surface area contributed by atoms with Crippen molar-refractivity contribution in [1.82, 2.24) is 14.9 Å². The first kappa shape index (κ1) is 13.7. The number of nitrogens with zero attached hydrogens (tertiary/aromatic N) is 4. The summed E-state index contributed by atoms with van der Waals surface area (Å²) in [7, 11) is 0. The number of rotatable bonds is 3. The standard InChI is InChI=1S/C13H19N5OS/c14-12(20)11-1-3-15-13(16-11)18-4-2-10(9-18)17-5-7-19-8-6-17/h1,3,10H,2,4-9H2,(H2,14,20). The molecule has 2 aliphatic heterocycles. The van der Waals surface area contributed by atoms with Crippen molar-refractivity contribution in [2.45, 2.75) is 12.5 Å². The van der Waals surface area contributed by atoms with Crippen LogP contribution in [0.5, 0.6) is 0 Å². The van der Waals surface area contributed by atoms with Crippen LogP contribution in [0, 0.1) is 0 Å². The molecule has 2 N–H and O–H groups in total. The van der Waals surface area contributed by atoms with Crippen LogP contribution in [0.15, 0.2) is 12.3 Å². The van der Waals surface area contributed by atoms with E-state index in [4.69, 9.17) is 22.7 Å². The number of thiocarbonyl (C=S) groups is 1. The summed E-state index contributed by atoms with van der Waals surface area (Å²) in [6.07, 6.45) is 2.86. The van der Waals surface area contributed by atoms with E-state index < -0.39 is 0 Å². The minimum atomic E-state index is 0.317. The lowest BCUT2D eigenvalue weighted by atomic mass is 10.2. The Balaban J connectivity index is 1.67. The van der Waals surface area contributed by atoms with Gasteiger partial charge >= 0.3 is 0 Å². The van der Waals surface area contributed by atoms with Gasteiger partial charge in [0.05, 0.1) is 13.2 Å². The monoisotopic (exact) mass is 293 g/mol.